The Hall–Kier alpha value is 0. The van der Waals surface area contributed by atoms with E-state index in [0.29, 0.717) is 43.3 Å². The molecule has 8 aliphatic carbocycles. The summed E-state index contributed by atoms with van der Waals surface area (Å²) in [6.45, 7) is 52.6. The van der Waals surface area contributed by atoms with Gasteiger partial charge in [-0.1, -0.05) is 332 Å². The minimum atomic E-state index is 0.507. The van der Waals surface area contributed by atoms with Crippen LogP contribution in [0.2, 0.25) is 0 Å². The number of hydrogen-bond acceptors (Lipinski definition) is 0. The van der Waals surface area contributed by atoms with E-state index < -0.39 is 0 Å². The number of rotatable bonds is 6. The second-order valence-corrected chi connectivity index (χ2v) is 34.4. The van der Waals surface area contributed by atoms with Crippen LogP contribution in [0, 0.1) is 66.0 Å². The summed E-state index contributed by atoms with van der Waals surface area (Å²) in [5.41, 5.74) is 6.50. The fraction of sp³-hybridized carbons (Fsp3) is 1.00. The first-order valence-electron chi connectivity index (χ1n) is 36.3. The van der Waals surface area contributed by atoms with Gasteiger partial charge in [0.15, 0.2) is 0 Å². The summed E-state index contributed by atoms with van der Waals surface area (Å²) in [6.07, 6.45) is 64.3. The monoisotopic (exact) mass is 1090 g/mol. The summed E-state index contributed by atoms with van der Waals surface area (Å²) in [5, 5.41) is 0. The van der Waals surface area contributed by atoms with Crippen LogP contribution in [0.25, 0.3) is 0 Å². The molecule has 0 spiro atoms. The van der Waals surface area contributed by atoms with E-state index in [1.165, 1.54) is 283 Å². The highest BCUT2D eigenvalue weighted by Gasteiger charge is 2.40. The van der Waals surface area contributed by atoms with Gasteiger partial charge in [0, 0.05) is 0 Å². The summed E-state index contributed by atoms with van der Waals surface area (Å²) in [4.78, 5) is 0. The molecule has 468 valence electrons. The molecule has 0 amide bonds. The van der Waals surface area contributed by atoms with Crippen LogP contribution < -0.4 is 0 Å². The minimum absolute atomic E-state index is 0.507. The van der Waals surface area contributed by atoms with Crippen LogP contribution in [0.3, 0.4) is 0 Å². The quantitative estimate of drug-likeness (QED) is 0.233. The first-order chi connectivity index (χ1) is 36.3. The normalized spacial score (nSPS) is 25.5. The van der Waals surface area contributed by atoms with Crippen molar-refractivity contribution in [2.24, 2.45) is 66.0 Å². The molecular formula is C78H156. The van der Waals surface area contributed by atoms with Crippen LogP contribution in [-0.2, 0) is 0 Å². The smallest absolute Gasteiger partial charge is 0.0277 e. The van der Waals surface area contributed by atoms with Gasteiger partial charge in [0.1, 0.15) is 0 Å². The molecule has 0 heteroatoms. The zero-order chi connectivity index (χ0) is 59.3. The van der Waals surface area contributed by atoms with Gasteiger partial charge in [0.25, 0.3) is 0 Å². The predicted molar refractivity (Wildman–Crippen MR) is 359 cm³/mol. The lowest BCUT2D eigenvalue weighted by molar-refractivity contribution is 0.0601. The second kappa shape index (κ2) is 36.8. The Morgan fingerprint density at radius 1 is 0.231 bits per heavy atom. The molecule has 8 saturated carbocycles. The second-order valence-electron chi connectivity index (χ2n) is 34.4. The van der Waals surface area contributed by atoms with Crippen molar-refractivity contribution < 1.29 is 0 Å². The molecule has 0 aromatic rings. The van der Waals surface area contributed by atoms with Gasteiger partial charge >= 0.3 is 0 Å². The summed E-state index contributed by atoms with van der Waals surface area (Å²) < 4.78 is 0. The Bertz CT molecular complexity index is 1400. The molecular weight excluding hydrogens is 937 g/mol. The van der Waals surface area contributed by atoms with Gasteiger partial charge in [-0.05, 0) is 169 Å². The van der Waals surface area contributed by atoms with E-state index in [0.717, 1.165) is 22.7 Å². The van der Waals surface area contributed by atoms with Crippen LogP contribution in [0.5, 0.6) is 0 Å². The van der Waals surface area contributed by atoms with E-state index in [2.05, 4.69) is 152 Å². The highest BCUT2D eigenvalue weighted by molar-refractivity contribution is 4.91. The molecule has 78 heavy (non-hydrogen) atoms. The molecule has 0 atom stereocenters. The Morgan fingerprint density at radius 2 is 0.372 bits per heavy atom. The van der Waals surface area contributed by atoms with Gasteiger partial charge in [0.05, 0.1) is 0 Å². The third kappa shape index (κ3) is 28.7. The molecule has 0 radical (unpaired) electrons. The maximum absolute atomic E-state index is 2.47. The molecule has 8 fully saturated rings. The summed E-state index contributed by atoms with van der Waals surface area (Å²) in [7, 11) is 0. The Morgan fingerprint density at radius 3 is 0.538 bits per heavy atom. The first kappa shape index (κ1) is 76.0. The predicted octanol–water partition coefficient (Wildman–Crippen LogP) is 28.7. The highest BCUT2D eigenvalue weighted by Crippen LogP contribution is 2.51. The van der Waals surface area contributed by atoms with Crippen molar-refractivity contribution in [2.75, 3.05) is 0 Å². The van der Waals surface area contributed by atoms with E-state index in [1.54, 1.807) is 0 Å². The average Bonchev–Trinajstić information content (AvgIpc) is 4.14. The van der Waals surface area contributed by atoms with Crippen molar-refractivity contribution >= 4 is 0 Å². The lowest BCUT2D eigenvalue weighted by Gasteiger charge is -2.45. The number of hydrogen-bond donors (Lipinski definition) is 0. The zero-order valence-corrected chi connectivity index (χ0v) is 59.3. The van der Waals surface area contributed by atoms with Crippen molar-refractivity contribution in [1.29, 1.82) is 0 Å². The zero-order valence-electron chi connectivity index (χ0n) is 59.3. The molecule has 0 aromatic heterocycles. The Balaban J connectivity index is 0.000000446. The third-order valence-corrected chi connectivity index (χ3v) is 26.0. The van der Waals surface area contributed by atoms with E-state index in [4.69, 9.17) is 0 Å². The van der Waals surface area contributed by atoms with Crippen molar-refractivity contribution in [1.82, 2.24) is 0 Å². The SMILES string of the molecule is CC(C)(C)C1(C)CCCC1.CC(C)(C)C1(C)CCCCC1.CC(C)C1(C)CCCC1.CC(C)C1(C)CCCCC1.CCC1(C)CCCC1.CCC1(C)CCCCC1.CCC1(C)CCCCCC1.CCC1(C)CCCCCCC1. The molecule has 8 rings (SSSR count). The molecule has 0 nitrogen and oxygen atoms in total. The highest BCUT2D eigenvalue weighted by atomic mass is 14.5. The van der Waals surface area contributed by atoms with E-state index in [9.17, 15) is 0 Å². The minimum Gasteiger partial charge on any atom is -0.0649 e. The fourth-order valence-electron chi connectivity index (χ4n) is 15.1. The van der Waals surface area contributed by atoms with E-state index in [-0.39, 0.29) is 0 Å². The van der Waals surface area contributed by atoms with E-state index >= 15 is 0 Å². The Kier molecular flexibility index (Phi) is 35.8. The molecule has 0 aromatic carbocycles. The molecule has 0 N–H and O–H groups in total. The summed E-state index contributed by atoms with van der Waals surface area (Å²) in [5.74, 6) is 1.77. The largest absolute Gasteiger partial charge is 0.0649 e. The van der Waals surface area contributed by atoms with Crippen molar-refractivity contribution in [3.8, 4) is 0 Å². The Labute approximate surface area is 498 Å². The van der Waals surface area contributed by atoms with Crippen LogP contribution in [-0.4, -0.2) is 0 Å². The van der Waals surface area contributed by atoms with Crippen LogP contribution in [0.15, 0.2) is 0 Å². The van der Waals surface area contributed by atoms with E-state index in [1.807, 2.05) is 0 Å². The molecule has 0 bridgehead atoms. The third-order valence-electron chi connectivity index (χ3n) is 26.0. The summed E-state index contributed by atoms with van der Waals surface area (Å²) in [6, 6.07) is 0. The van der Waals surface area contributed by atoms with Gasteiger partial charge in [-0.3, -0.25) is 0 Å². The average molecular weight is 1090 g/mol. The van der Waals surface area contributed by atoms with Crippen molar-refractivity contribution in [2.45, 2.75) is 435 Å². The standard InChI is InChI=1S/2C11H22.3C10H20.2C9H18.C8H16/c1-10(2,3)11(4)8-6-5-7-9-11;1-3-11(2)9-7-5-4-6-8-10-11;1-9(2,3)10(4)7-5-6-8-10;1-9(2)10(3)7-5-4-6-8-10;1-3-10(2)8-6-4-5-7-9-10;1-8(2)9(3)6-4-5-7-9;1-3-9(2)7-5-4-6-8-9;1-3-8(2)6-4-5-7-8/h5-9H2,1-4H3;3-10H2,1-2H3;5-8H2,1-4H3;9H,4-8H2,1-3H3;3-9H2,1-2H3;8H,4-7H2,1-3H3;3-8H2,1-2H3;3-7H2,1-2H3. The maximum atomic E-state index is 2.47. The topological polar surface area (TPSA) is 0 Å². The van der Waals surface area contributed by atoms with Crippen LogP contribution in [0.4, 0.5) is 0 Å². The fourth-order valence-corrected chi connectivity index (χ4v) is 15.1. The van der Waals surface area contributed by atoms with Crippen molar-refractivity contribution in [3.63, 3.8) is 0 Å². The molecule has 0 unspecified atom stereocenters. The molecule has 0 saturated heterocycles. The van der Waals surface area contributed by atoms with Gasteiger partial charge in [-0.25, -0.2) is 0 Å². The van der Waals surface area contributed by atoms with Gasteiger partial charge in [-0.2, -0.15) is 0 Å². The van der Waals surface area contributed by atoms with Crippen molar-refractivity contribution in [3.05, 3.63) is 0 Å². The van der Waals surface area contributed by atoms with Crippen LogP contribution in [0.1, 0.15) is 435 Å². The molecule has 0 aliphatic heterocycles. The lowest BCUT2D eigenvalue weighted by atomic mass is 9.61. The molecule has 8 aliphatic rings. The van der Waals surface area contributed by atoms with Gasteiger partial charge in [-0.15, -0.1) is 0 Å². The molecule has 0 heterocycles. The lowest BCUT2D eigenvalue weighted by Crippen LogP contribution is -2.34. The first-order valence-corrected chi connectivity index (χ1v) is 36.3. The van der Waals surface area contributed by atoms with Crippen LogP contribution >= 0.6 is 0 Å². The summed E-state index contributed by atoms with van der Waals surface area (Å²) >= 11 is 0. The van der Waals surface area contributed by atoms with Gasteiger partial charge in [0.2, 0.25) is 0 Å². The van der Waals surface area contributed by atoms with Gasteiger partial charge < -0.3 is 0 Å². The maximum Gasteiger partial charge on any atom is -0.0277 e.